The summed E-state index contributed by atoms with van der Waals surface area (Å²) in [6, 6.07) is 12.4. The first kappa shape index (κ1) is 23.2. The van der Waals surface area contributed by atoms with Crippen LogP contribution >= 0.6 is 0 Å². The van der Waals surface area contributed by atoms with Crippen LogP contribution in [-0.4, -0.2) is 16.2 Å². The Bertz CT molecular complexity index is 1200. The zero-order valence-electron chi connectivity index (χ0n) is 19.7. The van der Waals surface area contributed by atoms with Gasteiger partial charge < -0.3 is 19.7 Å². The summed E-state index contributed by atoms with van der Waals surface area (Å²) in [4.78, 5) is 12.8. The Kier molecular flexibility index (Phi) is 6.22. The molecule has 0 radical (unpaired) electrons. The molecule has 0 aromatic heterocycles. The van der Waals surface area contributed by atoms with Crippen molar-refractivity contribution in [3.8, 4) is 23.0 Å². The summed E-state index contributed by atoms with van der Waals surface area (Å²) in [7, 11) is 0. The second kappa shape index (κ2) is 8.58. The summed E-state index contributed by atoms with van der Waals surface area (Å²) in [5.74, 6) is 0.678. The number of fused-ring (bicyclic) bond motifs is 6. The summed E-state index contributed by atoms with van der Waals surface area (Å²) in [5.41, 5.74) is 3.10. The number of hydrogen-bond acceptors (Lipinski definition) is 5. The molecule has 168 valence electrons. The fourth-order valence-corrected chi connectivity index (χ4v) is 4.30. The third-order valence-corrected chi connectivity index (χ3v) is 5.79. The van der Waals surface area contributed by atoms with E-state index in [1.54, 1.807) is 51.1 Å². The van der Waals surface area contributed by atoms with Gasteiger partial charge in [-0.05, 0) is 50.6 Å². The highest BCUT2D eigenvalue weighted by molar-refractivity contribution is 5.97. The minimum Gasteiger partial charge on any atom is -0.508 e. The molecule has 5 heteroatoms. The van der Waals surface area contributed by atoms with E-state index < -0.39 is 11.6 Å². The van der Waals surface area contributed by atoms with Crippen LogP contribution in [-0.2, 0) is 10.3 Å². The summed E-state index contributed by atoms with van der Waals surface area (Å²) in [5, 5.41) is 20.7. The number of phenolic OH excluding ortho intramolecular Hbond substituents is 2. The number of rotatable bonds is 0. The Hall–Kier alpha value is -3.47. The zero-order chi connectivity index (χ0) is 23.8. The molecule has 1 unspecified atom stereocenters. The lowest BCUT2D eigenvalue weighted by Crippen LogP contribution is -2.33. The molecule has 2 heterocycles. The Morgan fingerprint density at radius 1 is 0.781 bits per heavy atom. The Balaban J connectivity index is 0.000000686. The maximum atomic E-state index is 12.8. The minimum absolute atomic E-state index is 0.0870. The van der Waals surface area contributed by atoms with Crippen LogP contribution in [0.5, 0.6) is 23.0 Å². The van der Waals surface area contributed by atoms with Crippen molar-refractivity contribution < 1.29 is 24.5 Å². The average Bonchev–Trinajstić information content (AvgIpc) is 3.12. The van der Waals surface area contributed by atoms with E-state index in [-0.39, 0.29) is 11.5 Å². The van der Waals surface area contributed by atoms with Crippen LogP contribution in [0.1, 0.15) is 71.4 Å². The van der Waals surface area contributed by atoms with Crippen LogP contribution in [0.3, 0.4) is 0 Å². The van der Waals surface area contributed by atoms with Crippen LogP contribution in [0.4, 0.5) is 0 Å². The second-order valence-electron chi connectivity index (χ2n) is 7.35. The van der Waals surface area contributed by atoms with Crippen molar-refractivity contribution in [2.24, 2.45) is 0 Å². The zero-order valence-corrected chi connectivity index (χ0v) is 19.7. The lowest BCUT2D eigenvalue weighted by Gasteiger charge is -2.38. The van der Waals surface area contributed by atoms with Crippen molar-refractivity contribution in [1.29, 1.82) is 0 Å². The van der Waals surface area contributed by atoms with Crippen molar-refractivity contribution >= 4 is 5.97 Å². The maximum absolute atomic E-state index is 12.8. The van der Waals surface area contributed by atoms with Crippen LogP contribution in [0.15, 0.2) is 42.5 Å². The van der Waals surface area contributed by atoms with Crippen molar-refractivity contribution in [1.82, 2.24) is 0 Å². The van der Waals surface area contributed by atoms with E-state index in [1.165, 1.54) is 0 Å². The number of aromatic hydroxyl groups is 2. The molecule has 2 N–H and O–H groups in total. The molecule has 0 bridgehead atoms. The largest absolute Gasteiger partial charge is 0.508 e. The van der Waals surface area contributed by atoms with Gasteiger partial charge in [-0.15, -0.1) is 0 Å². The van der Waals surface area contributed by atoms with Gasteiger partial charge in [-0.1, -0.05) is 45.9 Å². The van der Waals surface area contributed by atoms with Crippen molar-refractivity contribution in [2.75, 3.05) is 0 Å². The smallest absolute Gasteiger partial charge is 0.340 e. The minimum atomic E-state index is -1.20. The Morgan fingerprint density at radius 3 is 2.09 bits per heavy atom. The standard InChI is InChI=1S/C23H18O5.2C2H6/c1-11-10-17-21(13(3)19(11)25)27-20-12(2)18(24)9-8-16(20)23(17)15-7-5-4-6-14(15)22(26)28-23;2*1-2/h4-10,24-25H,1-3H3;2*1-2H3. The van der Waals surface area contributed by atoms with Gasteiger partial charge in [0.15, 0.2) is 5.60 Å². The Labute approximate surface area is 189 Å². The highest BCUT2D eigenvalue weighted by atomic mass is 16.6. The molecule has 0 amide bonds. The number of phenols is 2. The third-order valence-electron chi connectivity index (χ3n) is 5.79. The van der Waals surface area contributed by atoms with Crippen LogP contribution in [0.2, 0.25) is 0 Å². The summed E-state index contributed by atoms with van der Waals surface area (Å²) < 4.78 is 12.3. The molecule has 3 aromatic rings. The molecular formula is C27H30O5. The van der Waals surface area contributed by atoms with E-state index in [1.807, 2.05) is 39.8 Å². The van der Waals surface area contributed by atoms with Gasteiger partial charge in [0.2, 0.25) is 0 Å². The van der Waals surface area contributed by atoms with Crippen LogP contribution in [0.25, 0.3) is 0 Å². The first-order valence-electron chi connectivity index (χ1n) is 11.0. The van der Waals surface area contributed by atoms with Gasteiger partial charge in [-0.25, -0.2) is 4.79 Å². The quantitative estimate of drug-likeness (QED) is 0.388. The van der Waals surface area contributed by atoms with Gasteiger partial charge in [-0.2, -0.15) is 0 Å². The molecular weight excluding hydrogens is 404 g/mol. The van der Waals surface area contributed by atoms with E-state index in [9.17, 15) is 15.0 Å². The molecule has 5 nitrogen and oxygen atoms in total. The number of ether oxygens (including phenoxy) is 2. The Morgan fingerprint density at radius 2 is 1.41 bits per heavy atom. The predicted molar refractivity (Wildman–Crippen MR) is 125 cm³/mol. The number of aryl methyl sites for hydroxylation is 1. The van der Waals surface area contributed by atoms with Gasteiger partial charge >= 0.3 is 5.97 Å². The van der Waals surface area contributed by atoms with E-state index >= 15 is 0 Å². The monoisotopic (exact) mass is 434 g/mol. The topological polar surface area (TPSA) is 76.0 Å². The van der Waals surface area contributed by atoms with Gasteiger partial charge in [0.05, 0.1) is 5.56 Å². The van der Waals surface area contributed by atoms with Gasteiger partial charge in [-0.3, -0.25) is 0 Å². The van der Waals surface area contributed by atoms with Crippen LogP contribution < -0.4 is 4.74 Å². The lowest BCUT2D eigenvalue weighted by atomic mass is 9.76. The molecule has 0 aliphatic carbocycles. The molecule has 32 heavy (non-hydrogen) atoms. The number of carbonyl (C=O) groups is 1. The van der Waals surface area contributed by atoms with Gasteiger partial charge in [0, 0.05) is 27.8 Å². The summed E-state index contributed by atoms with van der Waals surface area (Å²) in [6.45, 7) is 13.3. The van der Waals surface area contributed by atoms with Crippen molar-refractivity contribution in [3.05, 3.63) is 81.4 Å². The highest BCUT2D eigenvalue weighted by Crippen LogP contribution is 2.59. The van der Waals surface area contributed by atoms with E-state index in [4.69, 9.17) is 9.47 Å². The molecule has 3 aromatic carbocycles. The highest BCUT2D eigenvalue weighted by Gasteiger charge is 2.54. The van der Waals surface area contributed by atoms with E-state index in [2.05, 4.69) is 0 Å². The molecule has 1 atom stereocenters. The molecule has 0 saturated carbocycles. The summed E-state index contributed by atoms with van der Waals surface area (Å²) >= 11 is 0. The van der Waals surface area contributed by atoms with Gasteiger partial charge in [0.1, 0.15) is 23.0 Å². The van der Waals surface area contributed by atoms with E-state index in [0.29, 0.717) is 44.9 Å². The number of carbonyl (C=O) groups excluding carboxylic acids is 1. The van der Waals surface area contributed by atoms with Crippen molar-refractivity contribution in [3.63, 3.8) is 0 Å². The second-order valence-corrected chi connectivity index (χ2v) is 7.35. The lowest BCUT2D eigenvalue weighted by molar-refractivity contribution is 0.0223. The van der Waals surface area contributed by atoms with Crippen molar-refractivity contribution in [2.45, 2.75) is 54.1 Å². The third kappa shape index (κ3) is 3.03. The number of hydrogen-bond donors (Lipinski definition) is 2. The normalized spacial score (nSPS) is 16.9. The predicted octanol–water partition coefficient (Wildman–Crippen LogP) is 6.64. The fraction of sp³-hybridized carbons (Fsp3) is 0.296. The molecule has 2 aliphatic rings. The van der Waals surface area contributed by atoms with Gasteiger partial charge in [0.25, 0.3) is 0 Å². The number of esters is 1. The number of benzene rings is 3. The molecule has 1 spiro atoms. The molecule has 0 saturated heterocycles. The molecule has 0 fully saturated rings. The SMILES string of the molecule is CC.CC.Cc1cc2c(c(C)c1O)Oc1c(ccc(O)c1C)C21OC(=O)c2ccccc21. The van der Waals surface area contributed by atoms with E-state index in [0.717, 1.165) is 5.56 Å². The summed E-state index contributed by atoms with van der Waals surface area (Å²) in [6.07, 6.45) is 0. The molecule has 2 aliphatic heterocycles. The average molecular weight is 435 g/mol. The first-order chi connectivity index (χ1) is 15.4. The fourth-order valence-electron chi connectivity index (χ4n) is 4.30. The van der Waals surface area contributed by atoms with Crippen LogP contribution in [0, 0.1) is 20.8 Å². The molecule has 5 rings (SSSR count). The first-order valence-corrected chi connectivity index (χ1v) is 11.0. The maximum Gasteiger partial charge on any atom is 0.340 e.